The number of aryl methyl sites for hydroxylation is 1. The number of likely N-dealkylation sites (tertiary alicyclic amines) is 1. The number of fused-ring (bicyclic) bond motifs is 1. The van der Waals surface area contributed by atoms with Crippen molar-refractivity contribution >= 4 is 5.91 Å². The molecule has 1 aromatic carbocycles. The van der Waals surface area contributed by atoms with E-state index < -0.39 is 0 Å². The summed E-state index contributed by atoms with van der Waals surface area (Å²) in [4.78, 5) is 19.3. The first-order valence-corrected chi connectivity index (χ1v) is 9.83. The molecule has 1 amide bonds. The van der Waals surface area contributed by atoms with Gasteiger partial charge in [0.15, 0.2) is 0 Å². The molecule has 2 aliphatic heterocycles. The fourth-order valence-corrected chi connectivity index (χ4v) is 4.10. The molecule has 0 spiro atoms. The van der Waals surface area contributed by atoms with Crippen LogP contribution in [-0.2, 0) is 6.61 Å². The van der Waals surface area contributed by atoms with Gasteiger partial charge in [-0.25, -0.2) is 0 Å². The quantitative estimate of drug-likeness (QED) is 0.905. The van der Waals surface area contributed by atoms with E-state index in [1.54, 1.807) is 6.20 Å². The molecule has 2 fully saturated rings. The summed E-state index contributed by atoms with van der Waals surface area (Å²) >= 11 is 0. The van der Waals surface area contributed by atoms with Gasteiger partial charge in [-0.1, -0.05) is 12.1 Å². The van der Waals surface area contributed by atoms with Crippen LogP contribution in [0.25, 0.3) is 0 Å². The summed E-state index contributed by atoms with van der Waals surface area (Å²) in [7, 11) is 0. The normalized spacial score (nSPS) is 22.2. The van der Waals surface area contributed by atoms with Gasteiger partial charge in [-0.15, -0.1) is 0 Å². The number of ether oxygens (including phenoxy) is 1. The Labute approximate surface area is 160 Å². The molecule has 3 heterocycles. The third-order valence-corrected chi connectivity index (χ3v) is 5.77. The van der Waals surface area contributed by atoms with Crippen molar-refractivity contribution in [2.45, 2.75) is 26.4 Å². The highest BCUT2D eigenvalue weighted by Crippen LogP contribution is 2.27. The van der Waals surface area contributed by atoms with Crippen LogP contribution in [0.4, 0.5) is 0 Å². The van der Waals surface area contributed by atoms with Gasteiger partial charge in [-0.05, 0) is 74.5 Å². The smallest absolute Gasteiger partial charge is 0.253 e. The topological polar surface area (TPSA) is 54.5 Å². The molecule has 0 radical (unpaired) electrons. The molecule has 0 unspecified atom stereocenters. The van der Waals surface area contributed by atoms with Crippen molar-refractivity contribution in [1.29, 1.82) is 0 Å². The van der Waals surface area contributed by atoms with E-state index in [9.17, 15) is 4.79 Å². The largest absolute Gasteiger partial charge is 0.487 e. The molecule has 27 heavy (non-hydrogen) atoms. The summed E-state index contributed by atoms with van der Waals surface area (Å²) in [6.45, 7) is 6.31. The lowest BCUT2D eigenvalue weighted by Gasteiger charge is -2.21. The lowest BCUT2D eigenvalue weighted by atomic mass is 9.92. The molecule has 0 bridgehead atoms. The van der Waals surface area contributed by atoms with E-state index in [0.717, 1.165) is 73.4 Å². The standard InChI is InChI=1S/C22H27N3O2/c1-16-5-6-21(14-24-16)27-15-17-3-2-4-18(11-17)22(26)25-9-7-19-12-23-13-20(19)8-10-25/h2-6,11,14,19-20,23H,7-10,12-13,15H2,1H3/t19-,20+. The Balaban J connectivity index is 1.39. The second-order valence-corrected chi connectivity index (χ2v) is 7.67. The number of hydrogen-bond donors (Lipinski definition) is 1. The van der Waals surface area contributed by atoms with Crippen molar-refractivity contribution in [3.8, 4) is 5.75 Å². The first-order chi connectivity index (χ1) is 13.2. The van der Waals surface area contributed by atoms with Gasteiger partial charge in [0.1, 0.15) is 12.4 Å². The fraction of sp³-hybridized carbons (Fsp3) is 0.455. The molecule has 1 N–H and O–H groups in total. The van der Waals surface area contributed by atoms with E-state index in [0.29, 0.717) is 6.61 Å². The highest BCUT2D eigenvalue weighted by molar-refractivity contribution is 5.94. The van der Waals surface area contributed by atoms with Crippen LogP contribution in [0.5, 0.6) is 5.75 Å². The molecular weight excluding hydrogens is 338 g/mol. The highest BCUT2D eigenvalue weighted by Gasteiger charge is 2.31. The lowest BCUT2D eigenvalue weighted by molar-refractivity contribution is 0.0758. The van der Waals surface area contributed by atoms with Crippen molar-refractivity contribution in [2.75, 3.05) is 26.2 Å². The molecule has 2 aromatic rings. The van der Waals surface area contributed by atoms with Crippen LogP contribution < -0.4 is 10.1 Å². The Morgan fingerprint density at radius 3 is 2.67 bits per heavy atom. The molecule has 5 heteroatoms. The Kier molecular flexibility index (Phi) is 5.39. The van der Waals surface area contributed by atoms with Gasteiger partial charge in [0.05, 0.1) is 6.20 Å². The Morgan fingerprint density at radius 2 is 1.96 bits per heavy atom. The van der Waals surface area contributed by atoms with E-state index in [2.05, 4.69) is 10.3 Å². The molecule has 5 nitrogen and oxygen atoms in total. The van der Waals surface area contributed by atoms with E-state index in [-0.39, 0.29) is 5.91 Å². The SMILES string of the molecule is Cc1ccc(OCc2cccc(C(=O)N3CC[C@@H]4CNC[C@@H]4CC3)c2)cn1. The summed E-state index contributed by atoms with van der Waals surface area (Å²) in [5, 5.41) is 3.48. The van der Waals surface area contributed by atoms with Gasteiger partial charge in [0, 0.05) is 24.3 Å². The molecule has 2 aliphatic rings. The third kappa shape index (κ3) is 4.30. The molecular formula is C22H27N3O2. The predicted octanol–water partition coefficient (Wildman–Crippen LogP) is 3.04. The van der Waals surface area contributed by atoms with Crippen molar-refractivity contribution < 1.29 is 9.53 Å². The molecule has 142 valence electrons. The minimum absolute atomic E-state index is 0.141. The van der Waals surface area contributed by atoms with E-state index in [1.807, 2.05) is 48.2 Å². The molecule has 2 atom stereocenters. The number of amides is 1. The number of benzene rings is 1. The zero-order valence-corrected chi connectivity index (χ0v) is 15.9. The molecule has 2 saturated heterocycles. The fourth-order valence-electron chi connectivity index (χ4n) is 4.10. The summed E-state index contributed by atoms with van der Waals surface area (Å²) in [5.41, 5.74) is 2.72. The van der Waals surface area contributed by atoms with E-state index >= 15 is 0 Å². The summed E-state index contributed by atoms with van der Waals surface area (Å²) < 4.78 is 5.80. The summed E-state index contributed by atoms with van der Waals surface area (Å²) in [6.07, 6.45) is 3.94. The van der Waals surface area contributed by atoms with Gasteiger partial charge in [-0.3, -0.25) is 9.78 Å². The second kappa shape index (κ2) is 8.09. The first-order valence-electron chi connectivity index (χ1n) is 9.83. The number of rotatable bonds is 4. The number of nitrogens with one attached hydrogen (secondary N) is 1. The van der Waals surface area contributed by atoms with Crippen LogP contribution in [0.2, 0.25) is 0 Å². The Morgan fingerprint density at radius 1 is 1.19 bits per heavy atom. The molecule has 1 aromatic heterocycles. The summed E-state index contributed by atoms with van der Waals surface area (Å²) in [5.74, 6) is 2.34. The van der Waals surface area contributed by atoms with Crippen LogP contribution in [0.1, 0.15) is 34.5 Å². The van der Waals surface area contributed by atoms with Gasteiger partial charge >= 0.3 is 0 Å². The number of aromatic nitrogens is 1. The second-order valence-electron chi connectivity index (χ2n) is 7.67. The van der Waals surface area contributed by atoms with Crippen LogP contribution in [0.15, 0.2) is 42.6 Å². The van der Waals surface area contributed by atoms with Crippen molar-refractivity contribution in [1.82, 2.24) is 15.2 Å². The molecule has 4 rings (SSSR count). The van der Waals surface area contributed by atoms with Crippen molar-refractivity contribution in [2.24, 2.45) is 11.8 Å². The maximum Gasteiger partial charge on any atom is 0.253 e. The molecule has 0 saturated carbocycles. The zero-order chi connectivity index (χ0) is 18.6. The zero-order valence-electron chi connectivity index (χ0n) is 15.9. The van der Waals surface area contributed by atoms with Gasteiger partial charge < -0.3 is 15.0 Å². The van der Waals surface area contributed by atoms with Gasteiger partial charge in [0.25, 0.3) is 5.91 Å². The van der Waals surface area contributed by atoms with Gasteiger partial charge in [0.2, 0.25) is 0 Å². The average molecular weight is 365 g/mol. The number of hydrogen-bond acceptors (Lipinski definition) is 4. The average Bonchev–Trinajstić information content (AvgIpc) is 3.05. The van der Waals surface area contributed by atoms with Crippen LogP contribution in [0, 0.1) is 18.8 Å². The Hall–Kier alpha value is -2.40. The van der Waals surface area contributed by atoms with Crippen LogP contribution in [-0.4, -0.2) is 42.0 Å². The van der Waals surface area contributed by atoms with E-state index in [1.165, 1.54) is 0 Å². The van der Waals surface area contributed by atoms with Gasteiger partial charge in [-0.2, -0.15) is 0 Å². The summed E-state index contributed by atoms with van der Waals surface area (Å²) in [6, 6.07) is 11.6. The predicted molar refractivity (Wildman–Crippen MR) is 105 cm³/mol. The number of nitrogens with zero attached hydrogens (tertiary/aromatic N) is 2. The Bertz CT molecular complexity index is 776. The van der Waals surface area contributed by atoms with Crippen molar-refractivity contribution in [3.05, 3.63) is 59.4 Å². The number of carbonyl (C=O) groups excluding carboxylic acids is 1. The third-order valence-electron chi connectivity index (χ3n) is 5.77. The number of carbonyl (C=O) groups is 1. The first kappa shape index (κ1) is 18.0. The van der Waals surface area contributed by atoms with Crippen LogP contribution >= 0.6 is 0 Å². The molecule has 0 aliphatic carbocycles. The van der Waals surface area contributed by atoms with Crippen LogP contribution in [0.3, 0.4) is 0 Å². The monoisotopic (exact) mass is 365 g/mol. The number of pyridine rings is 1. The maximum absolute atomic E-state index is 13.0. The minimum Gasteiger partial charge on any atom is -0.487 e. The maximum atomic E-state index is 13.0. The lowest BCUT2D eigenvalue weighted by Crippen LogP contribution is -2.32. The minimum atomic E-state index is 0.141. The van der Waals surface area contributed by atoms with E-state index in [4.69, 9.17) is 4.74 Å². The van der Waals surface area contributed by atoms with Crippen molar-refractivity contribution in [3.63, 3.8) is 0 Å². The highest BCUT2D eigenvalue weighted by atomic mass is 16.5.